The Morgan fingerprint density at radius 1 is 1.33 bits per heavy atom. The topological polar surface area (TPSA) is 60.2 Å². The van der Waals surface area contributed by atoms with Gasteiger partial charge in [0.2, 0.25) is 11.7 Å². The van der Waals surface area contributed by atoms with Crippen molar-refractivity contribution in [1.29, 1.82) is 0 Å². The fourth-order valence-electron chi connectivity index (χ4n) is 2.57. The molecule has 2 atom stereocenters. The van der Waals surface area contributed by atoms with Crippen LogP contribution in [-0.4, -0.2) is 29.8 Å². The Labute approximate surface area is 113 Å². The minimum absolute atomic E-state index is 0. The van der Waals surface area contributed by atoms with E-state index < -0.39 is 0 Å². The van der Waals surface area contributed by atoms with Crippen LogP contribution in [0.4, 0.5) is 0 Å². The predicted octanol–water partition coefficient (Wildman–Crippen LogP) is 1.89. The number of ether oxygens (including phenoxy) is 1. The minimum atomic E-state index is 0. The fraction of sp³-hybridized carbons (Fsp3) is 0.833. The summed E-state index contributed by atoms with van der Waals surface area (Å²) < 4.78 is 10.8. The normalized spacial score (nSPS) is 27.3. The maximum Gasteiger partial charge on any atom is 0.226 e. The molecule has 6 heteroatoms. The van der Waals surface area contributed by atoms with Crippen molar-refractivity contribution < 1.29 is 9.26 Å². The lowest BCUT2D eigenvalue weighted by atomic mass is 10.0. The molecule has 2 aliphatic heterocycles. The molecule has 1 aromatic heterocycles. The zero-order valence-electron chi connectivity index (χ0n) is 10.4. The molecule has 3 rings (SSSR count). The first-order valence-corrected chi connectivity index (χ1v) is 6.56. The first-order chi connectivity index (χ1) is 8.42. The van der Waals surface area contributed by atoms with Crippen molar-refractivity contribution in [2.24, 2.45) is 5.92 Å². The van der Waals surface area contributed by atoms with Crippen molar-refractivity contribution in [2.45, 2.75) is 38.2 Å². The molecule has 3 heterocycles. The van der Waals surface area contributed by atoms with E-state index >= 15 is 0 Å². The fourth-order valence-corrected chi connectivity index (χ4v) is 2.57. The lowest BCUT2D eigenvalue weighted by Crippen LogP contribution is -2.09. The van der Waals surface area contributed by atoms with Crippen molar-refractivity contribution >= 4 is 12.4 Å². The molecule has 2 unspecified atom stereocenters. The Morgan fingerprint density at radius 3 is 3.00 bits per heavy atom. The van der Waals surface area contributed by atoms with Crippen LogP contribution in [-0.2, 0) is 11.2 Å². The van der Waals surface area contributed by atoms with Gasteiger partial charge in [-0.15, -0.1) is 12.4 Å². The molecule has 0 saturated carbocycles. The molecular formula is C12H20ClN3O2. The van der Waals surface area contributed by atoms with Crippen molar-refractivity contribution in [2.75, 3.05) is 19.7 Å². The molecule has 102 valence electrons. The summed E-state index contributed by atoms with van der Waals surface area (Å²) in [4.78, 5) is 4.43. The summed E-state index contributed by atoms with van der Waals surface area (Å²) in [5.74, 6) is 2.28. The highest BCUT2D eigenvalue weighted by Crippen LogP contribution is 2.26. The van der Waals surface area contributed by atoms with Gasteiger partial charge < -0.3 is 14.6 Å². The standard InChI is InChI=1S/C12H19N3O2.ClH/c1-2-10(16-7-1)12-14-11(17-15-12)4-3-9-5-6-13-8-9;/h9-10,13H,1-8H2;1H. The Balaban J connectivity index is 0.00000120. The Morgan fingerprint density at radius 2 is 2.28 bits per heavy atom. The monoisotopic (exact) mass is 273 g/mol. The van der Waals surface area contributed by atoms with Crippen molar-refractivity contribution in [3.63, 3.8) is 0 Å². The molecule has 0 radical (unpaired) electrons. The quantitative estimate of drug-likeness (QED) is 0.908. The average molecular weight is 274 g/mol. The highest BCUT2D eigenvalue weighted by molar-refractivity contribution is 5.85. The zero-order chi connectivity index (χ0) is 11.5. The average Bonchev–Trinajstić information content (AvgIpc) is 3.09. The largest absolute Gasteiger partial charge is 0.370 e. The van der Waals surface area contributed by atoms with E-state index in [-0.39, 0.29) is 18.5 Å². The molecule has 2 saturated heterocycles. The molecule has 0 bridgehead atoms. The van der Waals surface area contributed by atoms with E-state index in [9.17, 15) is 0 Å². The molecule has 5 nitrogen and oxygen atoms in total. The number of aryl methyl sites for hydroxylation is 1. The highest BCUT2D eigenvalue weighted by atomic mass is 35.5. The van der Waals surface area contributed by atoms with E-state index in [0.29, 0.717) is 0 Å². The molecular weight excluding hydrogens is 254 g/mol. The van der Waals surface area contributed by atoms with Gasteiger partial charge in [-0.2, -0.15) is 4.98 Å². The lowest BCUT2D eigenvalue weighted by Gasteiger charge is -2.04. The summed E-state index contributed by atoms with van der Waals surface area (Å²) in [7, 11) is 0. The summed E-state index contributed by atoms with van der Waals surface area (Å²) in [6.07, 6.45) is 5.49. The number of aromatic nitrogens is 2. The molecule has 0 aromatic carbocycles. The van der Waals surface area contributed by atoms with Crippen LogP contribution >= 0.6 is 12.4 Å². The van der Waals surface area contributed by atoms with E-state index in [1.54, 1.807) is 0 Å². The van der Waals surface area contributed by atoms with Crippen molar-refractivity contribution in [1.82, 2.24) is 15.5 Å². The van der Waals surface area contributed by atoms with Crippen LogP contribution in [0, 0.1) is 5.92 Å². The number of nitrogens with zero attached hydrogens (tertiary/aromatic N) is 2. The van der Waals surface area contributed by atoms with Gasteiger partial charge >= 0.3 is 0 Å². The number of hydrogen-bond acceptors (Lipinski definition) is 5. The molecule has 2 fully saturated rings. The molecule has 0 amide bonds. The van der Waals surface area contributed by atoms with Gasteiger partial charge in [0.05, 0.1) is 0 Å². The highest BCUT2D eigenvalue weighted by Gasteiger charge is 2.23. The molecule has 1 N–H and O–H groups in total. The van der Waals surface area contributed by atoms with Crippen LogP contribution < -0.4 is 5.32 Å². The van der Waals surface area contributed by atoms with Gasteiger partial charge in [-0.25, -0.2) is 0 Å². The lowest BCUT2D eigenvalue weighted by molar-refractivity contribution is 0.103. The smallest absolute Gasteiger partial charge is 0.226 e. The second-order valence-corrected chi connectivity index (χ2v) is 4.95. The van der Waals surface area contributed by atoms with Crippen LogP contribution in [0.25, 0.3) is 0 Å². The number of hydrogen-bond donors (Lipinski definition) is 1. The third kappa shape index (κ3) is 3.22. The van der Waals surface area contributed by atoms with Gasteiger partial charge in [0.15, 0.2) is 0 Å². The summed E-state index contributed by atoms with van der Waals surface area (Å²) in [6, 6.07) is 0. The van der Waals surface area contributed by atoms with Gasteiger partial charge in [0.1, 0.15) is 6.10 Å². The predicted molar refractivity (Wildman–Crippen MR) is 68.8 cm³/mol. The van der Waals surface area contributed by atoms with E-state index in [4.69, 9.17) is 9.26 Å². The van der Waals surface area contributed by atoms with Gasteiger partial charge in [-0.1, -0.05) is 5.16 Å². The van der Waals surface area contributed by atoms with Crippen LogP contribution in [0.3, 0.4) is 0 Å². The minimum Gasteiger partial charge on any atom is -0.370 e. The second-order valence-electron chi connectivity index (χ2n) is 4.95. The summed E-state index contributed by atoms with van der Waals surface area (Å²) in [6.45, 7) is 3.10. The molecule has 0 spiro atoms. The molecule has 1 aromatic rings. The Hall–Kier alpha value is -0.650. The SMILES string of the molecule is C1COC(c2noc(CCC3CCNC3)n2)C1.Cl. The summed E-state index contributed by atoms with van der Waals surface area (Å²) in [5, 5.41) is 7.39. The van der Waals surface area contributed by atoms with Crippen LogP contribution in [0.15, 0.2) is 4.52 Å². The van der Waals surface area contributed by atoms with Gasteiger partial charge in [-0.05, 0) is 44.7 Å². The van der Waals surface area contributed by atoms with Gasteiger partial charge in [0.25, 0.3) is 0 Å². The van der Waals surface area contributed by atoms with Crippen LogP contribution in [0.5, 0.6) is 0 Å². The van der Waals surface area contributed by atoms with Crippen molar-refractivity contribution in [3.05, 3.63) is 11.7 Å². The Kier molecular flexibility index (Phi) is 4.97. The summed E-state index contributed by atoms with van der Waals surface area (Å²) in [5.41, 5.74) is 0. The number of nitrogens with one attached hydrogen (secondary N) is 1. The number of halogens is 1. The van der Waals surface area contributed by atoms with Gasteiger partial charge in [0, 0.05) is 13.0 Å². The third-order valence-corrected chi connectivity index (χ3v) is 3.63. The molecule has 0 aliphatic carbocycles. The third-order valence-electron chi connectivity index (χ3n) is 3.63. The first kappa shape index (κ1) is 13.8. The van der Waals surface area contributed by atoms with Gasteiger partial charge in [-0.3, -0.25) is 0 Å². The van der Waals surface area contributed by atoms with E-state index in [0.717, 1.165) is 63.0 Å². The second kappa shape index (κ2) is 6.50. The van der Waals surface area contributed by atoms with E-state index in [1.165, 1.54) is 6.42 Å². The van der Waals surface area contributed by atoms with E-state index in [2.05, 4.69) is 15.5 Å². The molecule has 18 heavy (non-hydrogen) atoms. The first-order valence-electron chi connectivity index (χ1n) is 6.56. The maximum absolute atomic E-state index is 5.54. The van der Waals surface area contributed by atoms with Crippen LogP contribution in [0.1, 0.15) is 43.5 Å². The Bertz CT molecular complexity index is 360. The number of rotatable bonds is 4. The zero-order valence-corrected chi connectivity index (χ0v) is 11.2. The maximum atomic E-state index is 5.54. The summed E-state index contributed by atoms with van der Waals surface area (Å²) >= 11 is 0. The van der Waals surface area contributed by atoms with E-state index in [1.807, 2.05) is 0 Å². The van der Waals surface area contributed by atoms with Crippen molar-refractivity contribution in [3.8, 4) is 0 Å². The van der Waals surface area contributed by atoms with Crippen LogP contribution in [0.2, 0.25) is 0 Å². The molecule has 2 aliphatic rings.